The van der Waals surface area contributed by atoms with Crippen LogP contribution in [0, 0.1) is 11.7 Å². The largest absolute Gasteiger partial charge is 0.382 e. The molecule has 0 atom stereocenters. The van der Waals surface area contributed by atoms with Crippen LogP contribution in [0.3, 0.4) is 0 Å². The van der Waals surface area contributed by atoms with Gasteiger partial charge in [-0.15, -0.1) is 0 Å². The van der Waals surface area contributed by atoms with Crippen molar-refractivity contribution >= 4 is 28.5 Å². The number of hydrogen-bond donors (Lipinski definition) is 3. The van der Waals surface area contributed by atoms with E-state index in [0.717, 1.165) is 40.4 Å². The van der Waals surface area contributed by atoms with Crippen LogP contribution in [-0.2, 0) is 11.8 Å². The van der Waals surface area contributed by atoms with Crippen LogP contribution in [0.5, 0.6) is 0 Å². The number of rotatable bonds is 6. The van der Waals surface area contributed by atoms with E-state index in [4.69, 9.17) is 11.5 Å². The minimum Gasteiger partial charge on any atom is -0.382 e. The molecule has 1 aliphatic heterocycles. The number of aromatic amines is 1. The summed E-state index contributed by atoms with van der Waals surface area (Å²) in [6.07, 6.45) is 1.72. The number of nitrogens with two attached hydrogens (primary N) is 2. The van der Waals surface area contributed by atoms with E-state index in [9.17, 15) is 18.8 Å². The molecule has 0 bridgehead atoms. The fraction of sp³-hybridized carbons (Fsp3) is 0.265. The Bertz CT molecular complexity index is 1990. The number of anilines is 1. The SMILES string of the molecule is CC(C)C(=O)N1CCC(c2cc(-c3ccc(-c4c(-c5ccc(F)cc5)c(=O)c(C(N)=O)nn4C)cc3)c3c(N)n[nH]c3c2)CC1. The van der Waals surface area contributed by atoms with E-state index in [0.29, 0.717) is 35.7 Å². The number of amides is 2. The molecule has 3 aromatic carbocycles. The number of fused-ring (bicyclic) bond motifs is 1. The van der Waals surface area contributed by atoms with Gasteiger partial charge >= 0.3 is 0 Å². The van der Waals surface area contributed by atoms with Crippen LogP contribution < -0.4 is 16.9 Å². The Balaban J connectivity index is 1.41. The second-order valence-corrected chi connectivity index (χ2v) is 11.8. The van der Waals surface area contributed by atoms with Crippen LogP contribution in [0.2, 0.25) is 0 Å². The number of H-pyrrole nitrogens is 1. The summed E-state index contributed by atoms with van der Waals surface area (Å²) < 4.78 is 15.2. The van der Waals surface area contributed by atoms with E-state index in [-0.39, 0.29) is 23.3 Å². The van der Waals surface area contributed by atoms with Crippen LogP contribution in [0.25, 0.3) is 44.4 Å². The number of aryl methyl sites for hydroxylation is 1. The predicted octanol–water partition coefficient (Wildman–Crippen LogP) is 4.84. The van der Waals surface area contributed by atoms with Gasteiger partial charge in [0.15, 0.2) is 11.5 Å². The van der Waals surface area contributed by atoms with Gasteiger partial charge in [0.1, 0.15) is 5.82 Å². The molecule has 1 aliphatic rings. The van der Waals surface area contributed by atoms with Gasteiger partial charge in [0.2, 0.25) is 11.3 Å². The van der Waals surface area contributed by atoms with Crippen LogP contribution in [-0.4, -0.2) is 49.8 Å². The normalized spacial score (nSPS) is 13.9. The molecule has 0 radical (unpaired) electrons. The molecule has 0 saturated carbocycles. The quantitative estimate of drug-likeness (QED) is 0.251. The molecule has 230 valence electrons. The van der Waals surface area contributed by atoms with Crippen molar-refractivity contribution in [2.75, 3.05) is 18.8 Å². The Morgan fingerprint density at radius 3 is 2.22 bits per heavy atom. The third-order valence-electron chi connectivity index (χ3n) is 8.57. The Kier molecular flexibility index (Phi) is 7.69. The van der Waals surface area contributed by atoms with Gasteiger partial charge in [0.25, 0.3) is 5.91 Å². The van der Waals surface area contributed by atoms with Crippen molar-refractivity contribution in [3.8, 4) is 33.5 Å². The molecule has 0 spiro atoms. The molecular weight excluding hydrogens is 573 g/mol. The number of nitrogen functional groups attached to an aromatic ring is 1. The number of primary amides is 1. The summed E-state index contributed by atoms with van der Waals surface area (Å²) in [5, 5.41) is 12.3. The number of piperidine rings is 1. The summed E-state index contributed by atoms with van der Waals surface area (Å²) in [6.45, 7) is 5.29. The lowest BCUT2D eigenvalue weighted by molar-refractivity contribution is -0.135. The molecule has 5 N–H and O–H groups in total. The fourth-order valence-electron chi connectivity index (χ4n) is 6.28. The average Bonchev–Trinajstić information content (AvgIpc) is 3.42. The molecular formula is C34H34FN7O3. The first kappa shape index (κ1) is 29.7. The molecule has 6 rings (SSSR count). The topological polar surface area (TPSA) is 153 Å². The van der Waals surface area contributed by atoms with E-state index in [1.807, 2.05) is 43.0 Å². The number of benzene rings is 3. The Hall–Kier alpha value is -5.32. The number of carbonyl (C=O) groups excluding carboxylic acids is 2. The highest BCUT2D eigenvalue weighted by Crippen LogP contribution is 2.39. The monoisotopic (exact) mass is 607 g/mol. The summed E-state index contributed by atoms with van der Waals surface area (Å²) in [6, 6.07) is 17.3. The maximum absolute atomic E-state index is 13.8. The van der Waals surface area contributed by atoms with Gasteiger partial charge < -0.3 is 16.4 Å². The van der Waals surface area contributed by atoms with Gasteiger partial charge in [-0.3, -0.25) is 24.2 Å². The number of nitrogens with zero attached hydrogens (tertiary/aromatic N) is 4. The maximum Gasteiger partial charge on any atom is 0.273 e. The lowest BCUT2D eigenvalue weighted by Gasteiger charge is -2.33. The number of carbonyl (C=O) groups is 2. The van der Waals surface area contributed by atoms with Gasteiger partial charge in [-0.25, -0.2) is 4.39 Å². The minimum absolute atomic E-state index is 0.0218. The van der Waals surface area contributed by atoms with Crippen LogP contribution in [0.1, 0.15) is 48.7 Å². The lowest BCUT2D eigenvalue weighted by Crippen LogP contribution is -2.40. The van der Waals surface area contributed by atoms with Crippen molar-refractivity contribution < 1.29 is 14.0 Å². The predicted molar refractivity (Wildman–Crippen MR) is 172 cm³/mol. The van der Waals surface area contributed by atoms with E-state index in [1.54, 1.807) is 7.05 Å². The van der Waals surface area contributed by atoms with Gasteiger partial charge in [-0.05, 0) is 65.3 Å². The Morgan fingerprint density at radius 1 is 0.978 bits per heavy atom. The summed E-state index contributed by atoms with van der Waals surface area (Å²) in [5.74, 6) is -0.569. The Morgan fingerprint density at radius 2 is 1.60 bits per heavy atom. The molecule has 11 heteroatoms. The molecule has 5 aromatic rings. The zero-order valence-electron chi connectivity index (χ0n) is 25.3. The molecule has 3 heterocycles. The first-order chi connectivity index (χ1) is 21.5. The van der Waals surface area contributed by atoms with Crippen LogP contribution in [0.15, 0.2) is 65.5 Å². The second-order valence-electron chi connectivity index (χ2n) is 11.8. The van der Waals surface area contributed by atoms with Gasteiger partial charge in [-0.1, -0.05) is 50.2 Å². The number of halogens is 1. The zero-order chi connectivity index (χ0) is 32.0. The van der Waals surface area contributed by atoms with Gasteiger partial charge in [-0.2, -0.15) is 10.2 Å². The van der Waals surface area contributed by atoms with Gasteiger partial charge in [0, 0.05) is 31.6 Å². The standard InChI is InChI=1S/C34H34FN7O3/c1-18(2)34(45)42-14-12-19(13-15-42)23-16-25(28-26(17-23)38-39-32(28)36)20-4-6-22(7-5-20)30-27(21-8-10-24(35)11-9-21)31(43)29(33(37)44)40-41(30)3/h4-11,16-19H,12-15H2,1-3H3,(H2,37,44)(H3,36,38,39). The smallest absolute Gasteiger partial charge is 0.273 e. The summed E-state index contributed by atoms with van der Waals surface area (Å²) >= 11 is 0. The van der Waals surface area contributed by atoms with E-state index in [2.05, 4.69) is 27.4 Å². The molecule has 10 nitrogen and oxygen atoms in total. The second kappa shape index (κ2) is 11.6. The minimum atomic E-state index is -0.945. The average molecular weight is 608 g/mol. The van der Waals surface area contributed by atoms with Crippen molar-refractivity contribution in [3.05, 3.63) is 88.0 Å². The van der Waals surface area contributed by atoms with Crippen LogP contribution in [0.4, 0.5) is 10.2 Å². The molecule has 0 unspecified atom stereocenters. The molecule has 0 aliphatic carbocycles. The summed E-state index contributed by atoms with van der Waals surface area (Å²) in [4.78, 5) is 40.0. The highest BCUT2D eigenvalue weighted by molar-refractivity contribution is 6.02. The highest BCUT2D eigenvalue weighted by Gasteiger charge is 2.27. The van der Waals surface area contributed by atoms with E-state index >= 15 is 0 Å². The van der Waals surface area contributed by atoms with E-state index in [1.165, 1.54) is 28.9 Å². The molecule has 1 fully saturated rings. The number of hydrogen-bond acceptors (Lipinski definition) is 6. The molecule has 1 saturated heterocycles. The highest BCUT2D eigenvalue weighted by atomic mass is 19.1. The summed E-state index contributed by atoms with van der Waals surface area (Å²) in [5.41, 5.74) is 16.3. The summed E-state index contributed by atoms with van der Waals surface area (Å²) in [7, 11) is 1.63. The first-order valence-electron chi connectivity index (χ1n) is 14.9. The zero-order valence-corrected chi connectivity index (χ0v) is 25.3. The third kappa shape index (κ3) is 5.45. The number of nitrogens with one attached hydrogen (secondary N) is 1. The van der Waals surface area contributed by atoms with Crippen molar-refractivity contribution in [1.82, 2.24) is 24.9 Å². The Labute approximate surface area is 258 Å². The lowest BCUT2D eigenvalue weighted by atomic mass is 9.86. The van der Waals surface area contributed by atoms with E-state index < -0.39 is 22.8 Å². The van der Waals surface area contributed by atoms with Crippen molar-refractivity contribution in [2.45, 2.75) is 32.6 Å². The van der Waals surface area contributed by atoms with Crippen LogP contribution >= 0.6 is 0 Å². The fourth-order valence-corrected chi connectivity index (χ4v) is 6.28. The third-order valence-corrected chi connectivity index (χ3v) is 8.57. The number of aromatic nitrogens is 4. The molecule has 2 amide bonds. The van der Waals surface area contributed by atoms with Crippen molar-refractivity contribution in [1.29, 1.82) is 0 Å². The molecule has 2 aromatic heterocycles. The first-order valence-corrected chi connectivity index (χ1v) is 14.9. The maximum atomic E-state index is 13.8. The van der Waals surface area contributed by atoms with Gasteiger partial charge in [0.05, 0.1) is 22.2 Å². The molecule has 45 heavy (non-hydrogen) atoms. The van der Waals surface area contributed by atoms with Crippen molar-refractivity contribution in [3.63, 3.8) is 0 Å². The van der Waals surface area contributed by atoms with Crippen molar-refractivity contribution in [2.24, 2.45) is 18.7 Å². The number of likely N-dealkylation sites (tertiary alicyclic amines) is 1.